The molecule has 1 heterocycles. The number of nitrogens with two attached hydrogens (primary N) is 1. The number of amides is 1. The Bertz CT molecular complexity index is 558. The Morgan fingerprint density at radius 2 is 2.00 bits per heavy atom. The number of aryl methyl sites for hydroxylation is 1. The molecule has 0 saturated heterocycles. The van der Waals surface area contributed by atoms with Gasteiger partial charge < -0.3 is 10.6 Å². The fourth-order valence-electron chi connectivity index (χ4n) is 1.47. The number of hydrogen-bond donors (Lipinski definition) is 1. The van der Waals surface area contributed by atoms with E-state index in [0.29, 0.717) is 13.1 Å². The van der Waals surface area contributed by atoms with Gasteiger partial charge in [-0.05, 0) is 13.8 Å². The molecule has 2 N–H and O–H groups in total. The van der Waals surface area contributed by atoms with E-state index in [2.05, 4.69) is 0 Å². The summed E-state index contributed by atoms with van der Waals surface area (Å²) >= 11 is 0. The molecular weight excluding hydrogens is 236 g/mol. The van der Waals surface area contributed by atoms with Crippen LogP contribution in [0.5, 0.6) is 0 Å². The molecule has 0 aliphatic rings. The highest BCUT2D eigenvalue weighted by atomic mass is 16.2. The van der Waals surface area contributed by atoms with Crippen LogP contribution in [-0.2, 0) is 17.9 Å². The van der Waals surface area contributed by atoms with Crippen molar-refractivity contribution in [2.75, 3.05) is 19.3 Å². The van der Waals surface area contributed by atoms with Crippen LogP contribution in [0.4, 0.5) is 5.69 Å². The second-order valence-electron chi connectivity index (χ2n) is 3.95. The van der Waals surface area contributed by atoms with E-state index in [-0.39, 0.29) is 18.1 Å². The van der Waals surface area contributed by atoms with Crippen molar-refractivity contribution in [2.24, 2.45) is 0 Å². The van der Waals surface area contributed by atoms with E-state index in [4.69, 9.17) is 5.73 Å². The molecule has 0 saturated carbocycles. The van der Waals surface area contributed by atoms with Crippen LogP contribution in [0.1, 0.15) is 13.8 Å². The molecule has 0 unspecified atom stereocenters. The Morgan fingerprint density at radius 1 is 1.39 bits per heavy atom. The van der Waals surface area contributed by atoms with Crippen molar-refractivity contribution in [2.45, 2.75) is 26.9 Å². The number of rotatable bonds is 4. The van der Waals surface area contributed by atoms with Gasteiger partial charge in [0.05, 0.1) is 0 Å². The molecule has 0 spiro atoms. The summed E-state index contributed by atoms with van der Waals surface area (Å²) in [6, 6.07) is 0. The maximum Gasteiger partial charge on any atom is 0.331 e. The van der Waals surface area contributed by atoms with Gasteiger partial charge in [-0.25, -0.2) is 9.36 Å². The second-order valence-corrected chi connectivity index (χ2v) is 3.95. The number of nitrogen functional groups attached to an aromatic ring is 1. The van der Waals surface area contributed by atoms with Gasteiger partial charge in [0, 0.05) is 26.3 Å². The van der Waals surface area contributed by atoms with Gasteiger partial charge in [-0.2, -0.15) is 0 Å². The molecule has 0 aliphatic carbocycles. The number of anilines is 1. The predicted octanol–water partition coefficient (Wildman–Crippen LogP) is -0.910. The zero-order valence-electron chi connectivity index (χ0n) is 10.8. The SMILES string of the molecule is CCN(C)C(=O)Cn1c(=O)c(N)cn(CC)c1=O. The Morgan fingerprint density at radius 3 is 2.50 bits per heavy atom. The molecule has 0 aromatic carbocycles. The van der Waals surface area contributed by atoms with Crippen molar-refractivity contribution in [1.29, 1.82) is 0 Å². The molecule has 0 radical (unpaired) electrons. The number of carbonyl (C=O) groups is 1. The minimum atomic E-state index is -0.623. The highest BCUT2D eigenvalue weighted by Crippen LogP contribution is 1.92. The molecule has 0 aliphatic heterocycles. The zero-order valence-corrected chi connectivity index (χ0v) is 10.8. The highest BCUT2D eigenvalue weighted by Gasteiger charge is 2.14. The normalized spacial score (nSPS) is 10.4. The number of nitrogens with zero attached hydrogens (tertiary/aromatic N) is 3. The summed E-state index contributed by atoms with van der Waals surface area (Å²) in [5, 5.41) is 0. The van der Waals surface area contributed by atoms with Crippen LogP contribution in [0.15, 0.2) is 15.8 Å². The summed E-state index contributed by atoms with van der Waals surface area (Å²) in [5.74, 6) is -0.301. The molecule has 0 atom stereocenters. The smallest absolute Gasteiger partial charge is 0.331 e. The topological polar surface area (TPSA) is 90.3 Å². The minimum Gasteiger partial charge on any atom is -0.393 e. The van der Waals surface area contributed by atoms with E-state index < -0.39 is 11.2 Å². The van der Waals surface area contributed by atoms with Gasteiger partial charge >= 0.3 is 5.69 Å². The first kappa shape index (κ1) is 14.0. The van der Waals surface area contributed by atoms with Crippen molar-refractivity contribution in [3.05, 3.63) is 27.0 Å². The van der Waals surface area contributed by atoms with Crippen molar-refractivity contribution in [3.63, 3.8) is 0 Å². The van der Waals surface area contributed by atoms with Crippen LogP contribution in [0, 0.1) is 0 Å². The average molecular weight is 254 g/mol. The molecule has 1 aromatic rings. The quantitative estimate of drug-likeness (QED) is 0.753. The average Bonchev–Trinajstić information content (AvgIpc) is 2.37. The van der Waals surface area contributed by atoms with Gasteiger partial charge in [0.2, 0.25) is 5.91 Å². The first-order chi connectivity index (χ1) is 8.42. The molecular formula is C11H18N4O3. The summed E-state index contributed by atoms with van der Waals surface area (Å²) in [6.45, 7) is 4.19. The molecule has 0 bridgehead atoms. The maximum absolute atomic E-state index is 11.9. The van der Waals surface area contributed by atoms with Crippen LogP contribution in [-0.4, -0.2) is 33.5 Å². The number of aromatic nitrogens is 2. The maximum atomic E-state index is 11.9. The van der Waals surface area contributed by atoms with E-state index in [0.717, 1.165) is 4.57 Å². The van der Waals surface area contributed by atoms with E-state index in [1.807, 2.05) is 6.92 Å². The second kappa shape index (κ2) is 5.52. The fraction of sp³-hybridized carbons (Fsp3) is 0.545. The number of carbonyl (C=O) groups excluding carboxylic acids is 1. The van der Waals surface area contributed by atoms with Crippen molar-refractivity contribution in [3.8, 4) is 0 Å². The molecule has 100 valence electrons. The predicted molar refractivity (Wildman–Crippen MR) is 68.4 cm³/mol. The van der Waals surface area contributed by atoms with Crippen LogP contribution < -0.4 is 17.0 Å². The summed E-state index contributed by atoms with van der Waals surface area (Å²) in [7, 11) is 1.61. The van der Waals surface area contributed by atoms with Crippen LogP contribution in [0.3, 0.4) is 0 Å². The molecule has 0 fully saturated rings. The lowest BCUT2D eigenvalue weighted by molar-refractivity contribution is -0.130. The number of likely N-dealkylation sites (N-methyl/N-ethyl adjacent to an activating group) is 1. The summed E-state index contributed by atoms with van der Waals surface area (Å²) in [5.41, 5.74) is 4.35. The van der Waals surface area contributed by atoms with Gasteiger partial charge in [0.15, 0.2) is 0 Å². The van der Waals surface area contributed by atoms with Crippen LogP contribution in [0.25, 0.3) is 0 Å². The lowest BCUT2D eigenvalue weighted by Crippen LogP contribution is -2.44. The summed E-state index contributed by atoms with van der Waals surface area (Å²) in [4.78, 5) is 36.8. The van der Waals surface area contributed by atoms with Crippen molar-refractivity contribution < 1.29 is 4.79 Å². The largest absolute Gasteiger partial charge is 0.393 e. The van der Waals surface area contributed by atoms with Gasteiger partial charge in [-0.1, -0.05) is 0 Å². The first-order valence-electron chi connectivity index (χ1n) is 5.76. The van der Waals surface area contributed by atoms with E-state index in [1.54, 1.807) is 14.0 Å². The Balaban J connectivity index is 3.25. The Labute approximate surface area is 104 Å². The van der Waals surface area contributed by atoms with Gasteiger partial charge in [0.1, 0.15) is 12.2 Å². The summed E-state index contributed by atoms with van der Waals surface area (Å²) in [6.07, 6.45) is 1.30. The van der Waals surface area contributed by atoms with E-state index >= 15 is 0 Å². The third kappa shape index (κ3) is 2.61. The Kier molecular flexibility index (Phi) is 4.30. The van der Waals surface area contributed by atoms with Gasteiger partial charge in [-0.3, -0.25) is 14.2 Å². The number of hydrogen-bond acceptors (Lipinski definition) is 4. The fourth-order valence-corrected chi connectivity index (χ4v) is 1.47. The Hall–Kier alpha value is -2.05. The first-order valence-corrected chi connectivity index (χ1v) is 5.76. The van der Waals surface area contributed by atoms with Crippen molar-refractivity contribution in [1.82, 2.24) is 14.0 Å². The summed E-state index contributed by atoms with van der Waals surface area (Å²) < 4.78 is 2.17. The molecule has 1 amide bonds. The standard InChI is InChI=1S/C11H18N4O3/c1-4-13(3)9(16)7-15-10(17)8(12)6-14(5-2)11(15)18/h6H,4-5,7,12H2,1-3H3. The van der Waals surface area contributed by atoms with Gasteiger partial charge in [-0.15, -0.1) is 0 Å². The molecule has 7 nitrogen and oxygen atoms in total. The third-order valence-corrected chi connectivity index (χ3v) is 2.80. The van der Waals surface area contributed by atoms with Crippen LogP contribution >= 0.6 is 0 Å². The molecule has 18 heavy (non-hydrogen) atoms. The van der Waals surface area contributed by atoms with Crippen molar-refractivity contribution >= 4 is 11.6 Å². The monoisotopic (exact) mass is 254 g/mol. The lowest BCUT2D eigenvalue weighted by Gasteiger charge is -2.15. The van der Waals surface area contributed by atoms with Crippen LogP contribution in [0.2, 0.25) is 0 Å². The molecule has 1 aromatic heterocycles. The van der Waals surface area contributed by atoms with E-state index in [9.17, 15) is 14.4 Å². The third-order valence-electron chi connectivity index (χ3n) is 2.80. The molecule has 7 heteroatoms. The van der Waals surface area contributed by atoms with E-state index in [1.165, 1.54) is 15.7 Å². The zero-order chi connectivity index (χ0) is 13.9. The molecule has 1 rings (SSSR count). The highest BCUT2D eigenvalue weighted by molar-refractivity contribution is 5.75. The van der Waals surface area contributed by atoms with Gasteiger partial charge in [0.25, 0.3) is 5.56 Å². The lowest BCUT2D eigenvalue weighted by atomic mass is 10.4. The minimum absolute atomic E-state index is 0.0385.